The number of rotatable bonds is 7. The van der Waals surface area contributed by atoms with E-state index >= 15 is 0 Å². The van der Waals surface area contributed by atoms with Crippen molar-refractivity contribution >= 4 is 17.4 Å². The van der Waals surface area contributed by atoms with Crippen LogP contribution < -0.4 is 5.32 Å². The van der Waals surface area contributed by atoms with Gasteiger partial charge in [0.1, 0.15) is 12.1 Å². The zero-order chi connectivity index (χ0) is 11.8. The number of hydrogen-bond donors (Lipinski definition) is 1. The predicted octanol–water partition coefficient (Wildman–Crippen LogP) is 3.11. The highest BCUT2D eigenvalue weighted by molar-refractivity contribution is 6.18. The summed E-state index contributed by atoms with van der Waals surface area (Å²) in [5.74, 6) is 2.26. The number of aromatic nitrogens is 2. The first-order valence-electron chi connectivity index (χ1n) is 5.87. The number of alkyl halides is 1. The fraction of sp³-hybridized carbons (Fsp3) is 0.667. The van der Waals surface area contributed by atoms with Gasteiger partial charge < -0.3 is 5.32 Å². The summed E-state index contributed by atoms with van der Waals surface area (Å²) < 4.78 is 0. The molecule has 16 heavy (non-hydrogen) atoms. The van der Waals surface area contributed by atoms with Gasteiger partial charge in [-0.15, -0.1) is 11.6 Å². The Morgan fingerprint density at radius 3 is 2.94 bits per heavy atom. The Kier molecular flexibility index (Phi) is 6.16. The van der Waals surface area contributed by atoms with Crippen molar-refractivity contribution in [2.24, 2.45) is 5.92 Å². The van der Waals surface area contributed by atoms with Crippen LogP contribution in [-0.2, 0) is 6.42 Å². The molecule has 0 spiro atoms. The highest BCUT2D eigenvalue weighted by Crippen LogP contribution is 2.08. The SMILES string of the molecule is CCc1cc(NCCCC(C)CCl)ncn1. The second kappa shape index (κ2) is 7.44. The van der Waals surface area contributed by atoms with E-state index < -0.39 is 0 Å². The first kappa shape index (κ1) is 13.2. The normalized spacial score (nSPS) is 12.4. The van der Waals surface area contributed by atoms with Crippen LogP contribution in [0.3, 0.4) is 0 Å². The van der Waals surface area contributed by atoms with E-state index in [1.165, 1.54) is 0 Å². The number of nitrogens with one attached hydrogen (secondary N) is 1. The molecule has 0 aromatic carbocycles. The van der Waals surface area contributed by atoms with Gasteiger partial charge in [-0.25, -0.2) is 9.97 Å². The van der Waals surface area contributed by atoms with Gasteiger partial charge in [0.05, 0.1) is 0 Å². The van der Waals surface area contributed by atoms with Crippen LogP contribution in [0.1, 0.15) is 32.4 Å². The van der Waals surface area contributed by atoms with Gasteiger partial charge in [-0.1, -0.05) is 13.8 Å². The molecule has 1 atom stereocenters. The summed E-state index contributed by atoms with van der Waals surface area (Å²) >= 11 is 5.75. The maximum absolute atomic E-state index is 5.75. The topological polar surface area (TPSA) is 37.8 Å². The maximum atomic E-state index is 5.75. The fourth-order valence-corrected chi connectivity index (χ4v) is 1.59. The molecule has 90 valence electrons. The average Bonchev–Trinajstić information content (AvgIpc) is 2.34. The van der Waals surface area contributed by atoms with Crippen molar-refractivity contribution in [2.75, 3.05) is 17.7 Å². The molecule has 0 aliphatic heterocycles. The zero-order valence-corrected chi connectivity index (χ0v) is 10.8. The van der Waals surface area contributed by atoms with E-state index in [0.29, 0.717) is 5.92 Å². The Bertz CT molecular complexity index is 304. The molecule has 0 amide bonds. The summed E-state index contributed by atoms with van der Waals surface area (Å²) in [5.41, 5.74) is 1.08. The zero-order valence-electron chi connectivity index (χ0n) is 10.0. The van der Waals surface area contributed by atoms with Crippen molar-refractivity contribution < 1.29 is 0 Å². The number of aryl methyl sites for hydroxylation is 1. The minimum absolute atomic E-state index is 0.597. The van der Waals surface area contributed by atoms with Gasteiger partial charge in [-0.3, -0.25) is 0 Å². The van der Waals surface area contributed by atoms with Crippen LogP contribution in [-0.4, -0.2) is 22.4 Å². The summed E-state index contributed by atoms with van der Waals surface area (Å²) in [6.07, 6.45) is 4.84. The third kappa shape index (κ3) is 4.79. The minimum Gasteiger partial charge on any atom is -0.370 e. The lowest BCUT2D eigenvalue weighted by Crippen LogP contribution is -2.06. The van der Waals surface area contributed by atoms with Crippen LogP contribution in [0.5, 0.6) is 0 Å². The molecule has 3 nitrogen and oxygen atoms in total. The van der Waals surface area contributed by atoms with Crippen LogP contribution in [0.15, 0.2) is 12.4 Å². The van der Waals surface area contributed by atoms with Crippen LogP contribution in [0, 0.1) is 5.92 Å². The van der Waals surface area contributed by atoms with Crippen molar-refractivity contribution in [1.29, 1.82) is 0 Å². The summed E-state index contributed by atoms with van der Waals surface area (Å²) in [7, 11) is 0. The Balaban J connectivity index is 2.26. The van der Waals surface area contributed by atoms with Gasteiger partial charge in [0.2, 0.25) is 0 Å². The van der Waals surface area contributed by atoms with Crippen molar-refractivity contribution in [2.45, 2.75) is 33.1 Å². The first-order valence-corrected chi connectivity index (χ1v) is 6.40. The number of nitrogens with zero attached hydrogens (tertiary/aromatic N) is 2. The van der Waals surface area contributed by atoms with Crippen LogP contribution >= 0.6 is 11.6 Å². The van der Waals surface area contributed by atoms with Gasteiger partial charge in [-0.05, 0) is 25.2 Å². The highest BCUT2D eigenvalue weighted by Gasteiger charge is 2.00. The number of halogens is 1. The van der Waals surface area contributed by atoms with E-state index in [1.54, 1.807) is 6.33 Å². The van der Waals surface area contributed by atoms with Gasteiger partial charge in [0.25, 0.3) is 0 Å². The third-order valence-corrected chi connectivity index (χ3v) is 3.06. The smallest absolute Gasteiger partial charge is 0.129 e. The highest BCUT2D eigenvalue weighted by atomic mass is 35.5. The molecule has 0 saturated heterocycles. The molecule has 0 radical (unpaired) electrons. The average molecular weight is 242 g/mol. The van der Waals surface area contributed by atoms with Gasteiger partial charge >= 0.3 is 0 Å². The minimum atomic E-state index is 0.597. The van der Waals surface area contributed by atoms with E-state index in [9.17, 15) is 0 Å². The third-order valence-electron chi connectivity index (χ3n) is 2.53. The Labute approximate surface area is 103 Å². The van der Waals surface area contributed by atoms with Crippen molar-refractivity contribution in [3.05, 3.63) is 18.1 Å². The van der Waals surface area contributed by atoms with E-state index in [0.717, 1.165) is 43.2 Å². The van der Waals surface area contributed by atoms with Gasteiger partial charge in [-0.2, -0.15) is 0 Å². The maximum Gasteiger partial charge on any atom is 0.129 e. The molecule has 1 aromatic rings. The lowest BCUT2D eigenvalue weighted by Gasteiger charge is -2.08. The van der Waals surface area contributed by atoms with Crippen LogP contribution in [0.25, 0.3) is 0 Å². The number of hydrogen-bond acceptors (Lipinski definition) is 3. The molecule has 1 heterocycles. The summed E-state index contributed by atoms with van der Waals surface area (Å²) in [6, 6.07) is 2.00. The molecule has 0 saturated carbocycles. The molecule has 4 heteroatoms. The van der Waals surface area contributed by atoms with E-state index in [4.69, 9.17) is 11.6 Å². The second-order valence-corrected chi connectivity index (χ2v) is 4.39. The largest absolute Gasteiger partial charge is 0.370 e. The summed E-state index contributed by atoms with van der Waals surface area (Å²) in [5, 5.41) is 3.30. The van der Waals surface area contributed by atoms with Crippen molar-refractivity contribution in [3.8, 4) is 0 Å². The quantitative estimate of drug-likeness (QED) is 0.589. The predicted molar refractivity (Wildman–Crippen MR) is 69.0 cm³/mol. The lowest BCUT2D eigenvalue weighted by atomic mass is 10.1. The first-order chi connectivity index (χ1) is 7.76. The Morgan fingerprint density at radius 2 is 2.25 bits per heavy atom. The van der Waals surface area contributed by atoms with Crippen molar-refractivity contribution in [3.63, 3.8) is 0 Å². The molecular formula is C12H20ClN3. The summed E-state index contributed by atoms with van der Waals surface area (Å²) in [4.78, 5) is 8.33. The lowest BCUT2D eigenvalue weighted by molar-refractivity contribution is 0.572. The van der Waals surface area contributed by atoms with E-state index in [1.807, 2.05) is 6.07 Å². The molecule has 0 fully saturated rings. The molecule has 1 N–H and O–H groups in total. The standard InChI is InChI=1S/C12H20ClN3/c1-3-11-7-12(16-9-15-11)14-6-4-5-10(2)8-13/h7,9-10H,3-6,8H2,1-2H3,(H,14,15,16). The molecule has 0 aliphatic carbocycles. The molecule has 0 aliphatic rings. The molecular weight excluding hydrogens is 222 g/mol. The van der Waals surface area contributed by atoms with Crippen LogP contribution in [0.2, 0.25) is 0 Å². The van der Waals surface area contributed by atoms with Gasteiger partial charge in [0.15, 0.2) is 0 Å². The van der Waals surface area contributed by atoms with Crippen LogP contribution in [0.4, 0.5) is 5.82 Å². The van der Waals surface area contributed by atoms with Crippen molar-refractivity contribution in [1.82, 2.24) is 9.97 Å². The fourth-order valence-electron chi connectivity index (χ4n) is 1.43. The summed E-state index contributed by atoms with van der Waals surface area (Å²) in [6.45, 7) is 5.21. The Hall–Kier alpha value is -0.830. The molecule has 1 aromatic heterocycles. The molecule has 1 unspecified atom stereocenters. The monoisotopic (exact) mass is 241 g/mol. The molecule has 0 bridgehead atoms. The van der Waals surface area contributed by atoms with E-state index in [2.05, 4.69) is 29.1 Å². The van der Waals surface area contributed by atoms with Gasteiger partial charge in [0, 0.05) is 24.2 Å². The second-order valence-electron chi connectivity index (χ2n) is 4.08. The number of anilines is 1. The molecule has 1 rings (SSSR count). The van der Waals surface area contributed by atoms with E-state index in [-0.39, 0.29) is 0 Å². The Morgan fingerprint density at radius 1 is 1.44 bits per heavy atom.